The monoisotopic (exact) mass is 272 g/mol. The molecule has 0 atom stereocenters. The van der Waals surface area contributed by atoms with Crippen molar-refractivity contribution in [3.63, 3.8) is 0 Å². The Hall–Kier alpha value is -1.35. The van der Waals surface area contributed by atoms with E-state index in [1.54, 1.807) is 0 Å². The summed E-state index contributed by atoms with van der Waals surface area (Å²) in [6.07, 6.45) is 7.24. The van der Waals surface area contributed by atoms with Crippen molar-refractivity contribution >= 4 is 5.91 Å². The lowest BCUT2D eigenvalue weighted by Crippen LogP contribution is -2.36. The Morgan fingerprint density at radius 1 is 1.10 bits per heavy atom. The van der Waals surface area contributed by atoms with Crippen molar-refractivity contribution in [2.75, 3.05) is 13.1 Å². The number of hydrogen-bond acceptors (Lipinski definition) is 2. The number of likely N-dealkylation sites (tertiary alicyclic amines) is 1. The van der Waals surface area contributed by atoms with Gasteiger partial charge in [-0.15, -0.1) is 0 Å². The van der Waals surface area contributed by atoms with Gasteiger partial charge in [0.2, 0.25) is 5.91 Å². The maximum absolute atomic E-state index is 12.4. The molecule has 2 N–H and O–H groups in total. The molecule has 0 radical (unpaired) electrons. The van der Waals surface area contributed by atoms with E-state index in [1.807, 2.05) is 11.0 Å². The van der Waals surface area contributed by atoms with E-state index in [9.17, 15) is 4.79 Å². The molecule has 1 saturated carbocycles. The van der Waals surface area contributed by atoms with Crippen LogP contribution in [0.1, 0.15) is 43.2 Å². The van der Waals surface area contributed by atoms with E-state index in [0.717, 1.165) is 45.2 Å². The number of carbonyl (C=O) groups is 1. The van der Waals surface area contributed by atoms with Crippen molar-refractivity contribution in [2.24, 2.45) is 5.73 Å². The second-order valence-electron chi connectivity index (χ2n) is 6.43. The number of nitrogens with zero attached hydrogens (tertiary/aromatic N) is 1. The van der Waals surface area contributed by atoms with Gasteiger partial charge in [-0.05, 0) is 49.7 Å². The molecule has 20 heavy (non-hydrogen) atoms. The Bertz CT molecular complexity index is 488. The van der Waals surface area contributed by atoms with Crippen LogP contribution in [0.25, 0.3) is 0 Å². The molecule has 0 aromatic heterocycles. The molecule has 2 fully saturated rings. The molecule has 1 aromatic carbocycles. The van der Waals surface area contributed by atoms with Gasteiger partial charge in [0.15, 0.2) is 0 Å². The summed E-state index contributed by atoms with van der Waals surface area (Å²) in [4.78, 5) is 14.4. The molecule has 3 nitrogen and oxygen atoms in total. The van der Waals surface area contributed by atoms with Crippen LogP contribution in [0.5, 0.6) is 0 Å². The molecule has 1 heterocycles. The Morgan fingerprint density at radius 2 is 1.75 bits per heavy atom. The molecule has 2 aliphatic rings. The van der Waals surface area contributed by atoms with E-state index in [2.05, 4.69) is 18.2 Å². The molecular weight excluding hydrogens is 248 g/mol. The molecule has 0 spiro atoms. The zero-order valence-electron chi connectivity index (χ0n) is 12.1. The molecule has 0 unspecified atom stereocenters. The third-order valence-corrected chi connectivity index (χ3v) is 4.60. The summed E-state index contributed by atoms with van der Waals surface area (Å²) >= 11 is 0. The first-order valence-electron chi connectivity index (χ1n) is 7.80. The van der Waals surface area contributed by atoms with Crippen molar-refractivity contribution < 1.29 is 4.79 Å². The van der Waals surface area contributed by atoms with Gasteiger partial charge in [0.05, 0.1) is 6.42 Å². The largest absolute Gasteiger partial charge is 0.342 e. The predicted molar refractivity (Wildman–Crippen MR) is 80.4 cm³/mol. The molecule has 1 aromatic rings. The molecule has 108 valence electrons. The van der Waals surface area contributed by atoms with Crippen LogP contribution in [0.2, 0.25) is 0 Å². The zero-order chi connectivity index (χ0) is 14.0. The highest BCUT2D eigenvalue weighted by Crippen LogP contribution is 2.36. The van der Waals surface area contributed by atoms with Crippen LogP contribution in [-0.4, -0.2) is 29.4 Å². The smallest absolute Gasteiger partial charge is 0.226 e. The summed E-state index contributed by atoms with van der Waals surface area (Å²) in [5, 5.41) is 0. The fraction of sp³-hybridized carbons (Fsp3) is 0.588. The molecule has 1 saturated heterocycles. The van der Waals surface area contributed by atoms with Crippen LogP contribution >= 0.6 is 0 Å². The van der Waals surface area contributed by atoms with Crippen LogP contribution in [0.3, 0.4) is 0 Å². The standard InChI is InChI=1S/C17H24N2O/c18-17(8-9-17)13-15-7-3-2-6-14(15)12-16(20)19-10-4-1-5-11-19/h2-3,6-7H,1,4-5,8-13,18H2. The molecule has 3 rings (SSSR count). The van der Waals surface area contributed by atoms with E-state index in [1.165, 1.54) is 17.5 Å². The van der Waals surface area contributed by atoms with Gasteiger partial charge in [0.1, 0.15) is 0 Å². The summed E-state index contributed by atoms with van der Waals surface area (Å²) < 4.78 is 0. The first-order chi connectivity index (χ1) is 9.66. The average Bonchev–Trinajstić information content (AvgIpc) is 3.19. The lowest BCUT2D eigenvalue weighted by atomic mass is 9.96. The topological polar surface area (TPSA) is 46.3 Å². The molecule has 1 aliphatic heterocycles. The minimum atomic E-state index is 0.00424. The number of piperidine rings is 1. The van der Waals surface area contributed by atoms with Crippen LogP contribution in [0.4, 0.5) is 0 Å². The number of amides is 1. The van der Waals surface area contributed by atoms with Crippen molar-refractivity contribution in [1.82, 2.24) is 4.90 Å². The number of rotatable bonds is 4. The zero-order valence-corrected chi connectivity index (χ0v) is 12.1. The Balaban J connectivity index is 1.68. The van der Waals surface area contributed by atoms with E-state index < -0.39 is 0 Å². The Kier molecular flexibility index (Phi) is 3.79. The van der Waals surface area contributed by atoms with Crippen molar-refractivity contribution in [3.05, 3.63) is 35.4 Å². The predicted octanol–water partition coefficient (Wildman–Crippen LogP) is 2.28. The third kappa shape index (κ3) is 3.21. The lowest BCUT2D eigenvalue weighted by Gasteiger charge is -2.27. The van der Waals surface area contributed by atoms with Crippen molar-refractivity contribution in [1.29, 1.82) is 0 Å². The fourth-order valence-electron chi connectivity index (χ4n) is 3.04. The molecule has 1 amide bonds. The molecule has 0 bridgehead atoms. The van der Waals surface area contributed by atoms with Crippen LogP contribution in [-0.2, 0) is 17.6 Å². The van der Waals surface area contributed by atoms with E-state index >= 15 is 0 Å². The molecule has 3 heteroatoms. The Labute approximate surface area is 121 Å². The minimum Gasteiger partial charge on any atom is -0.342 e. The van der Waals surface area contributed by atoms with E-state index in [4.69, 9.17) is 5.73 Å². The Morgan fingerprint density at radius 3 is 2.40 bits per heavy atom. The average molecular weight is 272 g/mol. The van der Waals surface area contributed by atoms with Crippen LogP contribution in [0, 0.1) is 0 Å². The summed E-state index contributed by atoms with van der Waals surface area (Å²) in [6.45, 7) is 1.86. The number of benzene rings is 1. The normalized spacial score (nSPS) is 20.8. The highest BCUT2D eigenvalue weighted by atomic mass is 16.2. The highest BCUT2D eigenvalue weighted by molar-refractivity contribution is 5.79. The van der Waals surface area contributed by atoms with Gasteiger partial charge < -0.3 is 10.6 Å². The van der Waals surface area contributed by atoms with Gasteiger partial charge in [-0.25, -0.2) is 0 Å². The third-order valence-electron chi connectivity index (χ3n) is 4.60. The number of carbonyl (C=O) groups excluding carboxylic acids is 1. The summed E-state index contributed by atoms with van der Waals surface area (Å²) in [5.41, 5.74) is 8.66. The second-order valence-corrected chi connectivity index (χ2v) is 6.43. The van der Waals surface area contributed by atoms with Crippen molar-refractivity contribution in [2.45, 2.75) is 50.5 Å². The lowest BCUT2D eigenvalue weighted by molar-refractivity contribution is -0.131. The summed E-state index contributed by atoms with van der Waals surface area (Å²) in [5.74, 6) is 0.277. The fourth-order valence-corrected chi connectivity index (χ4v) is 3.04. The van der Waals surface area contributed by atoms with Gasteiger partial charge >= 0.3 is 0 Å². The highest BCUT2D eigenvalue weighted by Gasteiger charge is 2.38. The minimum absolute atomic E-state index is 0.00424. The van der Waals surface area contributed by atoms with Gasteiger partial charge in [0, 0.05) is 18.6 Å². The number of hydrogen-bond donors (Lipinski definition) is 1. The van der Waals surface area contributed by atoms with Gasteiger partial charge in [-0.1, -0.05) is 24.3 Å². The van der Waals surface area contributed by atoms with Crippen LogP contribution in [0.15, 0.2) is 24.3 Å². The quantitative estimate of drug-likeness (QED) is 0.914. The van der Waals surface area contributed by atoms with Gasteiger partial charge in [-0.2, -0.15) is 0 Å². The first-order valence-corrected chi connectivity index (χ1v) is 7.80. The van der Waals surface area contributed by atoms with Gasteiger partial charge in [0.25, 0.3) is 0 Å². The maximum atomic E-state index is 12.4. The SMILES string of the molecule is NC1(Cc2ccccc2CC(=O)N2CCCCC2)CC1. The van der Waals surface area contributed by atoms with Crippen LogP contribution < -0.4 is 5.73 Å². The summed E-state index contributed by atoms with van der Waals surface area (Å²) in [6, 6.07) is 8.29. The molecule has 1 aliphatic carbocycles. The second kappa shape index (κ2) is 5.57. The van der Waals surface area contributed by atoms with E-state index in [-0.39, 0.29) is 11.4 Å². The van der Waals surface area contributed by atoms with Gasteiger partial charge in [-0.3, -0.25) is 4.79 Å². The number of nitrogens with two attached hydrogens (primary N) is 1. The summed E-state index contributed by atoms with van der Waals surface area (Å²) in [7, 11) is 0. The maximum Gasteiger partial charge on any atom is 0.226 e. The first kappa shape index (κ1) is 13.6. The molecular formula is C17H24N2O. The van der Waals surface area contributed by atoms with Crippen molar-refractivity contribution in [3.8, 4) is 0 Å². The van der Waals surface area contributed by atoms with E-state index in [0.29, 0.717) is 6.42 Å².